The average molecular weight is 772 g/mol. The monoisotopic (exact) mass is 771 g/mol. The summed E-state index contributed by atoms with van der Waals surface area (Å²) < 4.78 is 0. The van der Waals surface area contributed by atoms with Gasteiger partial charge in [-0.1, -0.05) is 24.3 Å². The Morgan fingerprint density at radius 3 is 2.10 bits per heavy atom. The highest BCUT2D eigenvalue weighted by molar-refractivity contribution is 6.04. The van der Waals surface area contributed by atoms with E-state index in [2.05, 4.69) is 76.9 Å². The Morgan fingerprint density at radius 2 is 1.41 bits per heavy atom. The second-order valence-corrected chi connectivity index (χ2v) is 14.5. The van der Waals surface area contributed by atoms with Crippen LogP contribution in [0.15, 0.2) is 134 Å². The molecule has 1 amide bonds. The molecule has 3 aromatic carbocycles. The van der Waals surface area contributed by atoms with Crippen LogP contribution < -0.4 is 16.4 Å². The molecule has 58 heavy (non-hydrogen) atoms. The summed E-state index contributed by atoms with van der Waals surface area (Å²) in [5.41, 5.74) is 15.7. The third kappa shape index (κ3) is 10.8. The van der Waals surface area contributed by atoms with Gasteiger partial charge in [-0.3, -0.25) is 19.7 Å². The van der Waals surface area contributed by atoms with Gasteiger partial charge >= 0.3 is 5.95 Å². The predicted octanol–water partition coefficient (Wildman–Crippen LogP) is 5.68. The number of amides is 1. The summed E-state index contributed by atoms with van der Waals surface area (Å²) in [7, 11) is 2.16. The van der Waals surface area contributed by atoms with Gasteiger partial charge in [0.15, 0.2) is 0 Å². The number of pyridine rings is 2. The van der Waals surface area contributed by atoms with Gasteiger partial charge < -0.3 is 16.0 Å². The van der Waals surface area contributed by atoms with Crippen molar-refractivity contribution in [3.05, 3.63) is 168 Å². The van der Waals surface area contributed by atoms with Gasteiger partial charge in [0.25, 0.3) is 5.91 Å². The van der Waals surface area contributed by atoms with E-state index in [1.54, 1.807) is 31.0 Å². The molecule has 0 unspecified atom stereocenters. The molecule has 12 heteroatoms. The number of nitrogens with zero attached hydrogens (tertiary/aromatic N) is 8. The van der Waals surface area contributed by atoms with Gasteiger partial charge in [0, 0.05) is 116 Å². The lowest BCUT2D eigenvalue weighted by Crippen LogP contribution is -2.72. The average Bonchev–Trinajstić information content (AvgIpc) is 3.25. The number of carbonyl (C=O) groups excluding carboxylic acids is 1. The quantitative estimate of drug-likeness (QED) is 0.149. The van der Waals surface area contributed by atoms with Crippen molar-refractivity contribution in [2.45, 2.75) is 26.8 Å². The first-order valence-corrected chi connectivity index (χ1v) is 19.4. The zero-order valence-corrected chi connectivity index (χ0v) is 33.2. The van der Waals surface area contributed by atoms with Crippen LogP contribution >= 0.6 is 0 Å². The molecule has 8 rings (SSSR count). The maximum atomic E-state index is 12.9. The molecule has 1 aliphatic rings. The number of hydrogen-bond acceptors (Lipinski definition) is 9. The fraction of sp³-hybridized carbons (Fsp3) is 0.196. The summed E-state index contributed by atoms with van der Waals surface area (Å²) in [5.74, 6) is 1.28. The normalized spacial score (nSPS) is 13.0. The predicted molar refractivity (Wildman–Crippen MR) is 227 cm³/mol. The van der Waals surface area contributed by atoms with Crippen molar-refractivity contribution >= 4 is 28.9 Å². The van der Waals surface area contributed by atoms with Gasteiger partial charge in [-0.2, -0.15) is 9.97 Å². The maximum Gasteiger partial charge on any atom is 0.331 e. The van der Waals surface area contributed by atoms with Crippen molar-refractivity contribution in [2.75, 3.05) is 38.5 Å². The smallest absolute Gasteiger partial charge is 0.325 e. The fourth-order valence-corrected chi connectivity index (χ4v) is 6.61. The van der Waals surface area contributed by atoms with Gasteiger partial charge in [-0.15, -0.1) is 0 Å². The van der Waals surface area contributed by atoms with Gasteiger partial charge in [0.1, 0.15) is 17.2 Å². The minimum absolute atomic E-state index is 0.129. The van der Waals surface area contributed by atoms with E-state index in [-0.39, 0.29) is 5.91 Å². The lowest BCUT2D eigenvalue weighted by molar-refractivity contribution is -0.487. The topological polar surface area (TPSA) is 157 Å². The van der Waals surface area contributed by atoms with Crippen LogP contribution in [0.2, 0.25) is 0 Å². The van der Waals surface area contributed by atoms with Crippen LogP contribution in [0.3, 0.4) is 0 Å². The Morgan fingerprint density at radius 1 is 0.741 bits per heavy atom. The molecule has 0 atom stereocenters. The van der Waals surface area contributed by atoms with Crippen molar-refractivity contribution in [1.82, 2.24) is 39.7 Å². The second-order valence-electron chi connectivity index (χ2n) is 14.5. The van der Waals surface area contributed by atoms with E-state index < -0.39 is 0 Å². The molecule has 1 saturated heterocycles. The second kappa shape index (κ2) is 19.0. The first-order chi connectivity index (χ1) is 28.3. The van der Waals surface area contributed by atoms with Crippen LogP contribution in [0.1, 0.15) is 38.4 Å². The number of quaternary nitrogens is 2. The van der Waals surface area contributed by atoms with E-state index in [0.717, 1.165) is 83.7 Å². The highest BCUT2D eigenvalue weighted by atomic mass is 16.1. The highest BCUT2D eigenvalue weighted by Crippen LogP contribution is 2.21. The first-order valence-electron chi connectivity index (χ1n) is 19.4. The number of rotatable bonds is 10. The Balaban J connectivity index is 0.000000206. The molecule has 7 aromatic rings. The van der Waals surface area contributed by atoms with Crippen molar-refractivity contribution in [2.24, 2.45) is 0 Å². The molecule has 292 valence electrons. The molecule has 1 aliphatic heterocycles. The van der Waals surface area contributed by atoms with E-state index in [1.165, 1.54) is 16.7 Å². The van der Waals surface area contributed by atoms with Gasteiger partial charge in [0.2, 0.25) is 0 Å². The van der Waals surface area contributed by atoms with Crippen LogP contribution in [0.4, 0.5) is 23.0 Å². The Bertz CT molecular complexity index is 2440. The Labute approximate surface area is 339 Å². The summed E-state index contributed by atoms with van der Waals surface area (Å²) in [4.78, 5) is 44.2. The molecule has 12 nitrogen and oxygen atoms in total. The van der Waals surface area contributed by atoms with Gasteiger partial charge in [-0.05, 0) is 98.2 Å². The molecule has 0 bridgehead atoms. The molecule has 6 N–H and O–H groups in total. The van der Waals surface area contributed by atoms with Crippen LogP contribution in [0, 0.1) is 13.8 Å². The summed E-state index contributed by atoms with van der Waals surface area (Å²) in [6, 6.07) is 31.5. The number of aryl methyl sites for hydroxylation is 2. The summed E-state index contributed by atoms with van der Waals surface area (Å²) in [6.07, 6.45) is 11.4. The van der Waals surface area contributed by atoms with Crippen molar-refractivity contribution < 1.29 is 15.8 Å². The minimum atomic E-state index is -0.129. The standard InChI is InChI=1S/C29H31N7O.C17H16N4/c1-21-5-10-25(18-27(21)34-29-31-13-11-26(33-29)24-4-3-12-30-19-24)32-28(37)23-8-6-22(7-9-23)20-36-16-14-35(2)15-17-36;1-12-4-5-15(18)9-14(12)10-17-20-8-6-16(21-17)13-3-2-7-19-11-13/h3-13,18-19H,14-17,20H2,1-2H3,(H,32,37)(H,31,33,34);2-9,11H,10,18H2,1H3/p+2. The minimum Gasteiger partial charge on any atom is -0.325 e. The first kappa shape index (κ1) is 39.7. The van der Waals surface area contributed by atoms with Crippen LogP contribution in [0.25, 0.3) is 22.5 Å². The number of aromatic nitrogens is 6. The van der Waals surface area contributed by atoms with E-state index in [0.29, 0.717) is 17.9 Å². The molecule has 4 aromatic heterocycles. The van der Waals surface area contributed by atoms with E-state index >= 15 is 0 Å². The van der Waals surface area contributed by atoms with Crippen molar-refractivity contribution in [1.29, 1.82) is 0 Å². The molecule has 5 heterocycles. The Kier molecular flexibility index (Phi) is 13.0. The highest BCUT2D eigenvalue weighted by Gasteiger charge is 2.16. The molecule has 1 fully saturated rings. The summed E-state index contributed by atoms with van der Waals surface area (Å²) >= 11 is 0. The fourth-order valence-electron chi connectivity index (χ4n) is 6.61. The van der Waals surface area contributed by atoms with E-state index in [1.807, 2.05) is 103 Å². The molecular weight excluding hydrogens is 723 g/mol. The number of piperazine rings is 1. The van der Waals surface area contributed by atoms with Gasteiger partial charge in [-0.25, -0.2) is 15.3 Å². The largest absolute Gasteiger partial charge is 0.331 e. The number of anilines is 1. The summed E-state index contributed by atoms with van der Waals surface area (Å²) in [5, 5.41) is 4.96. The number of nitrogens with one attached hydrogen (secondary N) is 1. The van der Waals surface area contributed by atoms with E-state index in [9.17, 15) is 4.79 Å². The van der Waals surface area contributed by atoms with Crippen molar-refractivity contribution in [3.63, 3.8) is 0 Å². The number of likely N-dealkylation sites (N-methyl/N-ethyl adjacent to an activating group) is 1. The molecule has 0 saturated carbocycles. The van der Waals surface area contributed by atoms with E-state index in [4.69, 9.17) is 0 Å². The maximum absolute atomic E-state index is 12.9. The zero-order chi connectivity index (χ0) is 40.3. The SMILES string of the molecule is Cc1ccc(NC(=O)c2ccc(CN3CCN(C)CC3)cc2)cc1[NH2+]c1nccc(-c2cccnc2)n1.Cc1ccc([NH3+])cc1Cc1nccc(-c2cccnc2)n1. The molecule has 0 aliphatic carbocycles. The van der Waals surface area contributed by atoms with Gasteiger partial charge in [0.05, 0.1) is 11.4 Å². The molecule has 0 radical (unpaired) electrons. The lowest BCUT2D eigenvalue weighted by atomic mass is 10.0. The zero-order valence-electron chi connectivity index (χ0n) is 33.2. The van der Waals surface area contributed by atoms with Crippen LogP contribution in [-0.2, 0) is 13.0 Å². The number of nitrogens with two attached hydrogens (primary N) is 1. The third-order valence-electron chi connectivity index (χ3n) is 10.1. The number of carbonyl (C=O) groups is 1. The molecular formula is C46H49N11O+2. The number of benzene rings is 3. The Hall–Kier alpha value is -6.57. The third-order valence-corrected chi connectivity index (χ3v) is 10.1. The lowest BCUT2D eigenvalue weighted by Gasteiger charge is -2.32. The van der Waals surface area contributed by atoms with Crippen LogP contribution in [-0.4, -0.2) is 78.8 Å². The van der Waals surface area contributed by atoms with Crippen LogP contribution in [0.5, 0.6) is 0 Å². The summed E-state index contributed by atoms with van der Waals surface area (Å²) in [6.45, 7) is 9.38. The molecule has 0 spiro atoms. The number of hydrogen-bond donors (Lipinski definition) is 3. The van der Waals surface area contributed by atoms with Crippen molar-refractivity contribution in [3.8, 4) is 22.5 Å².